The molecule has 0 heterocycles. The van der Waals surface area contributed by atoms with E-state index in [1.54, 1.807) is 7.11 Å². The van der Waals surface area contributed by atoms with Gasteiger partial charge in [-0.3, -0.25) is 0 Å². The van der Waals surface area contributed by atoms with Crippen LogP contribution in [0.2, 0.25) is 0 Å². The van der Waals surface area contributed by atoms with Gasteiger partial charge in [-0.25, -0.2) is 0 Å². The van der Waals surface area contributed by atoms with E-state index in [1.165, 1.54) is 0 Å². The summed E-state index contributed by atoms with van der Waals surface area (Å²) in [6, 6.07) is 5.88. The van der Waals surface area contributed by atoms with Gasteiger partial charge in [0.25, 0.3) is 0 Å². The third-order valence-electron chi connectivity index (χ3n) is 2.63. The summed E-state index contributed by atoms with van der Waals surface area (Å²) in [4.78, 5) is 0. The monoisotopic (exact) mass is 237 g/mol. The molecule has 0 atom stereocenters. The molecule has 96 valence electrons. The van der Waals surface area contributed by atoms with Gasteiger partial charge in [-0.05, 0) is 49.1 Å². The van der Waals surface area contributed by atoms with Gasteiger partial charge >= 0.3 is 0 Å². The minimum absolute atomic E-state index is 0.619. The van der Waals surface area contributed by atoms with Crippen molar-refractivity contribution >= 4 is 0 Å². The van der Waals surface area contributed by atoms with E-state index in [2.05, 4.69) is 13.8 Å². The van der Waals surface area contributed by atoms with Crippen molar-refractivity contribution in [2.45, 2.75) is 26.7 Å². The number of benzene rings is 1. The van der Waals surface area contributed by atoms with E-state index in [0.29, 0.717) is 12.5 Å². The van der Waals surface area contributed by atoms with Crippen LogP contribution in [0.4, 0.5) is 0 Å². The number of nitrogens with two attached hydrogens (primary N) is 1. The summed E-state index contributed by atoms with van der Waals surface area (Å²) in [6.45, 7) is 5.76. The van der Waals surface area contributed by atoms with Crippen LogP contribution in [0.15, 0.2) is 18.2 Å². The highest BCUT2D eigenvalue weighted by atomic mass is 16.5. The molecule has 0 aliphatic rings. The summed E-state index contributed by atoms with van der Waals surface area (Å²) in [5, 5.41) is 0. The molecule has 0 aliphatic carbocycles. The first-order chi connectivity index (χ1) is 8.17. The summed E-state index contributed by atoms with van der Waals surface area (Å²) in [5.74, 6) is 2.44. The third-order valence-corrected chi connectivity index (χ3v) is 2.63. The zero-order valence-electron chi connectivity index (χ0n) is 11.0. The second kappa shape index (κ2) is 7.17. The van der Waals surface area contributed by atoms with E-state index < -0.39 is 0 Å². The lowest BCUT2D eigenvalue weighted by Crippen LogP contribution is -2.07. The second-order valence-electron chi connectivity index (χ2n) is 4.54. The lowest BCUT2D eigenvalue weighted by Gasteiger charge is -2.13. The Morgan fingerprint density at radius 2 is 2.06 bits per heavy atom. The molecule has 0 aliphatic heterocycles. The molecule has 0 spiro atoms. The van der Waals surface area contributed by atoms with Crippen LogP contribution in [0.5, 0.6) is 11.5 Å². The average Bonchev–Trinajstić information content (AvgIpc) is 2.31. The molecule has 0 aromatic heterocycles. The van der Waals surface area contributed by atoms with Crippen LogP contribution < -0.4 is 15.2 Å². The molecule has 1 rings (SSSR count). The van der Waals surface area contributed by atoms with Crippen molar-refractivity contribution in [1.29, 1.82) is 0 Å². The molecule has 17 heavy (non-hydrogen) atoms. The van der Waals surface area contributed by atoms with Crippen molar-refractivity contribution in [2.24, 2.45) is 11.7 Å². The zero-order valence-corrected chi connectivity index (χ0v) is 11.0. The van der Waals surface area contributed by atoms with Crippen LogP contribution in [0.25, 0.3) is 0 Å². The Bertz CT molecular complexity index is 337. The van der Waals surface area contributed by atoms with Crippen LogP contribution in [0.1, 0.15) is 25.8 Å². The third kappa shape index (κ3) is 4.65. The van der Waals surface area contributed by atoms with E-state index in [-0.39, 0.29) is 0 Å². The van der Waals surface area contributed by atoms with Crippen LogP contribution in [-0.4, -0.2) is 20.3 Å². The Morgan fingerprint density at radius 3 is 2.65 bits per heavy atom. The molecular formula is C14H23NO2. The van der Waals surface area contributed by atoms with Gasteiger partial charge < -0.3 is 15.2 Å². The van der Waals surface area contributed by atoms with Crippen molar-refractivity contribution in [2.75, 3.05) is 20.3 Å². The second-order valence-corrected chi connectivity index (χ2v) is 4.54. The molecule has 0 unspecified atom stereocenters. The highest BCUT2D eigenvalue weighted by Crippen LogP contribution is 2.24. The molecule has 0 saturated heterocycles. The fourth-order valence-electron chi connectivity index (χ4n) is 1.58. The van der Waals surface area contributed by atoms with Crippen molar-refractivity contribution in [1.82, 2.24) is 0 Å². The Hall–Kier alpha value is -1.22. The van der Waals surface area contributed by atoms with Crippen molar-refractivity contribution in [3.05, 3.63) is 23.8 Å². The van der Waals surface area contributed by atoms with E-state index >= 15 is 0 Å². The highest BCUT2D eigenvalue weighted by Gasteiger charge is 2.05. The molecule has 2 N–H and O–H groups in total. The molecule has 0 saturated carbocycles. The fraction of sp³-hybridized carbons (Fsp3) is 0.571. The smallest absolute Gasteiger partial charge is 0.122 e. The Kier molecular flexibility index (Phi) is 5.84. The first-order valence-corrected chi connectivity index (χ1v) is 6.17. The van der Waals surface area contributed by atoms with Gasteiger partial charge in [0, 0.05) is 0 Å². The first-order valence-electron chi connectivity index (χ1n) is 6.17. The largest absolute Gasteiger partial charge is 0.497 e. The fourth-order valence-corrected chi connectivity index (χ4v) is 1.58. The van der Waals surface area contributed by atoms with Crippen LogP contribution >= 0.6 is 0 Å². The summed E-state index contributed by atoms with van der Waals surface area (Å²) >= 11 is 0. The number of hydrogen-bond donors (Lipinski definition) is 1. The molecular weight excluding hydrogens is 214 g/mol. The lowest BCUT2D eigenvalue weighted by molar-refractivity contribution is 0.286. The molecule has 0 fully saturated rings. The molecule has 0 bridgehead atoms. The van der Waals surface area contributed by atoms with Gasteiger partial charge in [-0.2, -0.15) is 0 Å². The topological polar surface area (TPSA) is 44.5 Å². The SMILES string of the molecule is COc1ccc(OCCC(C)C)c(CCN)c1. The summed E-state index contributed by atoms with van der Waals surface area (Å²) < 4.78 is 11.0. The van der Waals surface area contributed by atoms with E-state index in [9.17, 15) is 0 Å². The van der Waals surface area contributed by atoms with Crippen LogP contribution in [-0.2, 0) is 6.42 Å². The van der Waals surface area contributed by atoms with E-state index in [4.69, 9.17) is 15.2 Å². The Balaban J connectivity index is 2.68. The number of rotatable bonds is 7. The normalized spacial score (nSPS) is 10.6. The minimum Gasteiger partial charge on any atom is -0.497 e. The molecule has 3 nitrogen and oxygen atoms in total. The predicted octanol–water partition coefficient (Wildman–Crippen LogP) is 2.62. The predicted molar refractivity (Wildman–Crippen MR) is 70.7 cm³/mol. The van der Waals surface area contributed by atoms with Gasteiger partial charge in [0.05, 0.1) is 13.7 Å². The number of ether oxygens (including phenoxy) is 2. The van der Waals surface area contributed by atoms with Gasteiger partial charge in [0.2, 0.25) is 0 Å². The van der Waals surface area contributed by atoms with E-state index in [0.717, 1.165) is 36.5 Å². The van der Waals surface area contributed by atoms with Gasteiger partial charge in [0.15, 0.2) is 0 Å². The van der Waals surface area contributed by atoms with Crippen molar-refractivity contribution in [3.8, 4) is 11.5 Å². The van der Waals surface area contributed by atoms with Gasteiger partial charge in [0.1, 0.15) is 11.5 Å². The number of hydrogen-bond acceptors (Lipinski definition) is 3. The summed E-state index contributed by atoms with van der Waals surface area (Å²) in [7, 11) is 1.67. The summed E-state index contributed by atoms with van der Waals surface area (Å²) in [5.41, 5.74) is 6.72. The molecule has 0 amide bonds. The lowest BCUT2D eigenvalue weighted by atomic mass is 10.1. The molecule has 0 radical (unpaired) electrons. The number of methoxy groups -OCH3 is 1. The maximum Gasteiger partial charge on any atom is 0.122 e. The van der Waals surface area contributed by atoms with Crippen molar-refractivity contribution in [3.63, 3.8) is 0 Å². The maximum absolute atomic E-state index is 5.79. The molecule has 1 aromatic carbocycles. The first kappa shape index (κ1) is 13.8. The average molecular weight is 237 g/mol. The summed E-state index contributed by atoms with van der Waals surface area (Å²) in [6.07, 6.45) is 1.88. The maximum atomic E-state index is 5.79. The van der Waals surface area contributed by atoms with Gasteiger partial charge in [-0.15, -0.1) is 0 Å². The minimum atomic E-state index is 0.619. The Labute approximate surface area is 104 Å². The molecule has 1 aromatic rings. The van der Waals surface area contributed by atoms with Gasteiger partial charge in [-0.1, -0.05) is 13.8 Å². The van der Waals surface area contributed by atoms with E-state index in [1.807, 2.05) is 18.2 Å². The van der Waals surface area contributed by atoms with Crippen LogP contribution in [0.3, 0.4) is 0 Å². The Morgan fingerprint density at radius 1 is 1.29 bits per heavy atom. The highest BCUT2D eigenvalue weighted by molar-refractivity contribution is 5.40. The van der Waals surface area contributed by atoms with Crippen LogP contribution in [0, 0.1) is 5.92 Å². The standard InChI is InChI=1S/C14H23NO2/c1-11(2)7-9-17-14-5-4-13(16-3)10-12(14)6-8-15/h4-5,10-11H,6-9,15H2,1-3H3. The quantitative estimate of drug-likeness (QED) is 0.793. The zero-order chi connectivity index (χ0) is 12.7. The molecule has 3 heteroatoms. The van der Waals surface area contributed by atoms with Crippen molar-refractivity contribution < 1.29 is 9.47 Å².